The predicted octanol–water partition coefficient (Wildman–Crippen LogP) is 2.67. The Bertz CT molecular complexity index is 546. The van der Waals surface area contributed by atoms with Crippen LogP contribution in [0, 0.1) is 18.3 Å². The molecule has 1 aromatic rings. The van der Waals surface area contributed by atoms with Gasteiger partial charge in [0.25, 0.3) is 0 Å². The van der Waals surface area contributed by atoms with Crippen LogP contribution in [0.2, 0.25) is 0 Å². The maximum absolute atomic E-state index is 11.9. The zero-order valence-corrected chi connectivity index (χ0v) is 12.3. The van der Waals surface area contributed by atoms with E-state index in [1.165, 1.54) is 0 Å². The topological polar surface area (TPSA) is 79.2 Å². The summed E-state index contributed by atoms with van der Waals surface area (Å²) in [6.07, 6.45) is -0.250. The lowest BCUT2D eigenvalue weighted by Gasteiger charge is -2.06. The molecule has 0 bridgehead atoms. The average Bonchev–Trinajstić information content (AvgIpc) is 2.64. The van der Waals surface area contributed by atoms with Crippen LogP contribution >= 0.6 is 22.9 Å². The second-order valence-corrected chi connectivity index (χ2v) is 5.30. The number of rotatable bonds is 4. The van der Waals surface area contributed by atoms with E-state index in [4.69, 9.17) is 21.6 Å². The molecule has 0 spiro atoms. The Morgan fingerprint density at radius 2 is 2.16 bits per heavy atom. The maximum atomic E-state index is 11.9. The molecule has 0 aliphatic carbocycles. The molecule has 7 heteroatoms. The maximum Gasteiger partial charge on any atom is 0.348 e. The van der Waals surface area contributed by atoms with E-state index in [2.05, 4.69) is 5.32 Å². The molecule has 1 amide bonds. The second kappa shape index (κ2) is 6.55. The summed E-state index contributed by atoms with van der Waals surface area (Å²) in [6, 6.07) is 1.97. The largest absolute Gasteiger partial charge is 0.459 e. The summed E-state index contributed by atoms with van der Waals surface area (Å²) in [5, 5.41) is 11.9. The number of nitrogens with zero attached hydrogens (tertiary/aromatic N) is 1. The van der Waals surface area contributed by atoms with Gasteiger partial charge in [0.1, 0.15) is 21.8 Å². The quantitative estimate of drug-likeness (QED) is 0.685. The van der Waals surface area contributed by atoms with Crippen molar-refractivity contribution in [1.82, 2.24) is 0 Å². The number of anilines is 1. The zero-order valence-electron chi connectivity index (χ0n) is 10.7. The molecule has 0 unspecified atom stereocenters. The van der Waals surface area contributed by atoms with E-state index in [0.29, 0.717) is 15.4 Å². The minimum atomic E-state index is -0.500. The standard InChI is InChI=1S/C12H13ClN2O3S/c1-6(2)18-12(17)10-7(3)8(5-14)11(19-10)15-9(16)4-13/h6H,4H2,1-3H3,(H,15,16). The van der Waals surface area contributed by atoms with Crippen molar-refractivity contribution >= 4 is 39.8 Å². The number of nitrogens with one attached hydrogen (secondary N) is 1. The summed E-state index contributed by atoms with van der Waals surface area (Å²) < 4.78 is 5.08. The molecule has 1 heterocycles. The van der Waals surface area contributed by atoms with E-state index in [1.54, 1.807) is 20.8 Å². The number of amides is 1. The highest BCUT2D eigenvalue weighted by atomic mass is 35.5. The van der Waals surface area contributed by atoms with Crippen molar-refractivity contribution in [1.29, 1.82) is 5.26 Å². The average molecular weight is 301 g/mol. The molecule has 0 radical (unpaired) electrons. The Hall–Kier alpha value is -1.58. The molecular formula is C12H13ClN2O3S. The molecule has 1 rings (SSSR count). The molecule has 0 atom stereocenters. The third kappa shape index (κ3) is 3.69. The van der Waals surface area contributed by atoms with Crippen molar-refractivity contribution in [2.24, 2.45) is 0 Å². The van der Waals surface area contributed by atoms with Gasteiger partial charge in [0, 0.05) is 0 Å². The minimum absolute atomic E-state index is 0.215. The van der Waals surface area contributed by atoms with Crippen molar-refractivity contribution in [3.8, 4) is 6.07 Å². The van der Waals surface area contributed by atoms with E-state index < -0.39 is 11.9 Å². The van der Waals surface area contributed by atoms with Gasteiger partial charge in [0.2, 0.25) is 5.91 Å². The third-order valence-electron chi connectivity index (χ3n) is 2.16. The molecule has 1 aromatic heterocycles. The van der Waals surface area contributed by atoms with Crippen LogP contribution in [0.3, 0.4) is 0 Å². The summed E-state index contributed by atoms with van der Waals surface area (Å²) in [5.74, 6) is -1.14. The van der Waals surface area contributed by atoms with Gasteiger partial charge in [-0.15, -0.1) is 22.9 Å². The number of alkyl halides is 1. The highest BCUT2D eigenvalue weighted by Gasteiger charge is 2.22. The number of ether oxygens (including phenoxy) is 1. The van der Waals surface area contributed by atoms with Gasteiger partial charge in [0.15, 0.2) is 0 Å². The second-order valence-electron chi connectivity index (χ2n) is 4.01. The van der Waals surface area contributed by atoms with Crippen molar-refractivity contribution < 1.29 is 14.3 Å². The van der Waals surface area contributed by atoms with E-state index >= 15 is 0 Å². The number of carbonyl (C=O) groups is 2. The Morgan fingerprint density at radius 1 is 1.53 bits per heavy atom. The van der Waals surface area contributed by atoms with Crippen LogP contribution in [0.25, 0.3) is 0 Å². The third-order valence-corrected chi connectivity index (χ3v) is 3.59. The first-order chi connectivity index (χ1) is 8.90. The molecule has 0 saturated heterocycles. The van der Waals surface area contributed by atoms with Gasteiger partial charge in [-0.2, -0.15) is 5.26 Å². The number of thiophene rings is 1. The summed E-state index contributed by atoms with van der Waals surface area (Å²) in [5.41, 5.74) is 0.766. The predicted molar refractivity (Wildman–Crippen MR) is 73.7 cm³/mol. The molecule has 5 nitrogen and oxygen atoms in total. The van der Waals surface area contributed by atoms with Crippen LogP contribution in [-0.2, 0) is 9.53 Å². The Labute approximate surface area is 120 Å². The van der Waals surface area contributed by atoms with E-state index in [9.17, 15) is 9.59 Å². The Kier molecular flexibility index (Phi) is 5.33. The highest BCUT2D eigenvalue weighted by molar-refractivity contribution is 7.18. The number of carbonyl (C=O) groups excluding carboxylic acids is 2. The lowest BCUT2D eigenvalue weighted by Crippen LogP contribution is -2.12. The molecule has 0 aliphatic rings. The Balaban J connectivity index is 3.12. The molecule has 1 N–H and O–H groups in total. The molecule has 0 aromatic carbocycles. The molecule has 0 aliphatic heterocycles. The van der Waals surface area contributed by atoms with Crippen LogP contribution in [0.5, 0.6) is 0 Å². The lowest BCUT2D eigenvalue weighted by molar-refractivity contribution is -0.113. The van der Waals surface area contributed by atoms with E-state index in [-0.39, 0.29) is 17.5 Å². The SMILES string of the molecule is Cc1c(C(=O)OC(C)C)sc(NC(=O)CCl)c1C#N. The Morgan fingerprint density at radius 3 is 2.63 bits per heavy atom. The number of esters is 1. The monoisotopic (exact) mass is 300 g/mol. The first-order valence-electron chi connectivity index (χ1n) is 5.51. The normalized spacial score (nSPS) is 10.1. The molecule has 0 saturated carbocycles. The van der Waals surface area contributed by atoms with Crippen molar-refractivity contribution in [3.05, 3.63) is 16.0 Å². The molecule has 0 fully saturated rings. The fourth-order valence-electron chi connectivity index (χ4n) is 1.36. The number of nitriles is 1. The van der Waals surface area contributed by atoms with Crippen molar-refractivity contribution in [2.75, 3.05) is 11.2 Å². The van der Waals surface area contributed by atoms with Crippen LogP contribution in [0.15, 0.2) is 0 Å². The van der Waals surface area contributed by atoms with Gasteiger partial charge in [-0.3, -0.25) is 4.79 Å². The van der Waals surface area contributed by atoms with E-state index in [0.717, 1.165) is 11.3 Å². The van der Waals surface area contributed by atoms with Crippen LogP contribution in [0.1, 0.15) is 34.6 Å². The molecule has 19 heavy (non-hydrogen) atoms. The van der Waals surface area contributed by atoms with Crippen LogP contribution in [0.4, 0.5) is 5.00 Å². The van der Waals surface area contributed by atoms with Gasteiger partial charge in [-0.25, -0.2) is 4.79 Å². The van der Waals surface area contributed by atoms with Crippen molar-refractivity contribution in [3.63, 3.8) is 0 Å². The molecule has 102 valence electrons. The fraction of sp³-hybridized carbons (Fsp3) is 0.417. The van der Waals surface area contributed by atoms with Gasteiger partial charge in [0.05, 0.1) is 11.7 Å². The van der Waals surface area contributed by atoms with Crippen molar-refractivity contribution in [2.45, 2.75) is 26.9 Å². The molecular weight excluding hydrogens is 288 g/mol. The van der Waals surface area contributed by atoms with Gasteiger partial charge in [-0.05, 0) is 26.3 Å². The summed E-state index contributed by atoms with van der Waals surface area (Å²) in [7, 11) is 0. The smallest absolute Gasteiger partial charge is 0.348 e. The summed E-state index contributed by atoms with van der Waals surface area (Å²) in [4.78, 5) is 23.4. The zero-order chi connectivity index (χ0) is 14.6. The summed E-state index contributed by atoms with van der Waals surface area (Å²) in [6.45, 7) is 5.12. The number of halogens is 1. The first kappa shape index (κ1) is 15.5. The van der Waals surface area contributed by atoms with Gasteiger partial charge in [-0.1, -0.05) is 0 Å². The number of hydrogen-bond donors (Lipinski definition) is 1. The van der Waals surface area contributed by atoms with Gasteiger partial charge < -0.3 is 10.1 Å². The van der Waals surface area contributed by atoms with E-state index in [1.807, 2.05) is 6.07 Å². The van der Waals surface area contributed by atoms with Crippen LogP contribution in [-0.4, -0.2) is 23.9 Å². The fourth-order valence-corrected chi connectivity index (χ4v) is 2.48. The minimum Gasteiger partial charge on any atom is -0.459 e. The van der Waals surface area contributed by atoms with Gasteiger partial charge >= 0.3 is 5.97 Å². The van der Waals surface area contributed by atoms with Crippen LogP contribution < -0.4 is 5.32 Å². The lowest BCUT2D eigenvalue weighted by atomic mass is 10.2. The summed E-state index contributed by atoms with van der Waals surface area (Å²) >= 11 is 6.41. The first-order valence-corrected chi connectivity index (χ1v) is 6.86. The number of hydrogen-bond acceptors (Lipinski definition) is 5. The highest BCUT2D eigenvalue weighted by Crippen LogP contribution is 2.33.